The van der Waals surface area contributed by atoms with Crippen molar-refractivity contribution in [1.82, 2.24) is 20.2 Å². The zero-order valence-electron chi connectivity index (χ0n) is 9.84. The first kappa shape index (κ1) is 12.2. The molecule has 0 aromatic carbocycles. The summed E-state index contributed by atoms with van der Waals surface area (Å²) in [5, 5.41) is 6.27. The minimum atomic E-state index is 0.106. The monoisotopic (exact) mass is 251 g/mol. The third-order valence-electron chi connectivity index (χ3n) is 2.61. The Bertz CT molecular complexity index is 436. The van der Waals surface area contributed by atoms with Gasteiger partial charge in [-0.05, 0) is 17.9 Å². The molecule has 0 aliphatic carbocycles. The second kappa shape index (κ2) is 5.90. The summed E-state index contributed by atoms with van der Waals surface area (Å²) in [6, 6.07) is 4.21. The fourth-order valence-corrected chi connectivity index (χ4v) is 2.55. The van der Waals surface area contributed by atoms with Gasteiger partial charge in [-0.2, -0.15) is 5.10 Å². The number of nitrogens with two attached hydrogens (primary N) is 1. The Labute approximate surface area is 105 Å². The lowest BCUT2D eigenvalue weighted by molar-refractivity contribution is 0.504. The number of rotatable bonds is 6. The molecule has 2 heterocycles. The van der Waals surface area contributed by atoms with Crippen molar-refractivity contribution in [2.45, 2.75) is 32.4 Å². The van der Waals surface area contributed by atoms with Crippen LogP contribution in [0.25, 0.3) is 0 Å². The molecule has 5 nitrogen and oxygen atoms in total. The summed E-state index contributed by atoms with van der Waals surface area (Å²) < 4.78 is 1.94. The van der Waals surface area contributed by atoms with Gasteiger partial charge < -0.3 is 0 Å². The minimum Gasteiger partial charge on any atom is -0.271 e. The predicted octanol–water partition coefficient (Wildman–Crippen LogP) is 1.50. The third kappa shape index (κ3) is 2.91. The van der Waals surface area contributed by atoms with Crippen molar-refractivity contribution >= 4 is 11.3 Å². The van der Waals surface area contributed by atoms with E-state index >= 15 is 0 Å². The summed E-state index contributed by atoms with van der Waals surface area (Å²) in [7, 11) is 0. The molecule has 3 N–H and O–H groups in total. The van der Waals surface area contributed by atoms with Crippen LogP contribution in [0.5, 0.6) is 0 Å². The molecule has 6 heteroatoms. The Hall–Kier alpha value is -1.24. The lowest BCUT2D eigenvalue weighted by Gasteiger charge is -2.14. The van der Waals surface area contributed by atoms with E-state index in [0.29, 0.717) is 0 Å². The van der Waals surface area contributed by atoms with Gasteiger partial charge in [-0.3, -0.25) is 16.0 Å². The molecule has 2 aromatic heterocycles. The van der Waals surface area contributed by atoms with Crippen molar-refractivity contribution in [3.63, 3.8) is 0 Å². The molecule has 0 radical (unpaired) electrons. The molecule has 0 amide bonds. The second-order valence-corrected chi connectivity index (χ2v) is 4.82. The van der Waals surface area contributed by atoms with Gasteiger partial charge >= 0.3 is 0 Å². The summed E-state index contributed by atoms with van der Waals surface area (Å²) in [5.41, 5.74) is 2.84. The van der Waals surface area contributed by atoms with Gasteiger partial charge in [0.2, 0.25) is 0 Å². The van der Waals surface area contributed by atoms with E-state index in [1.807, 2.05) is 10.7 Å². The van der Waals surface area contributed by atoms with Gasteiger partial charge in [-0.1, -0.05) is 13.0 Å². The number of thiophene rings is 1. The molecule has 2 rings (SSSR count). The molecule has 0 fully saturated rings. The van der Waals surface area contributed by atoms with E-state index in [1.165, 1.54) is 4.88 Å². The van der Waals surface area contributed by atoms with Crippen molar-refractivity contribution in [2.75, 3.05) is 0 Å². The standard InChI is InChI=1S/C11H17N5S/c1-2-5-16-11(13-8-14-16)7-9(15-12)10-4-3-6-17-10/h3-4,6,8-9,15H,2,5,7,12H2,1H3. The van der Waals surface area contributed by atoms with Gasteiger partial charge in [0, 0.05) is 17.8 Å². The number of nitrogens with zero attached hydrogens (tertiary/aromatic N) is 3. The van der Waals surface area contributed by atoms with Gasteiger partial charge in [-0.25, -0.2) is 4.98 Å². The van der Waals surface area contributed by atoms with E-state index in [1.54, 1.807) is 17.7 Å². The van der Waals surface area contributed by atoms with Gasteiger partial charge in [0.1, 0.15) is 12.2 Å². The van der Waals surface area contributed by atoms with Crippen molar-refractivity contribution in [3.8, 4) is 0 Å². The summed E-state index contributed by atoms with van der Waals surface area (Å²) >= 11 is 1.70. The Morgan fingerprint density at radius 2 is 2.47 bits per heavy atom. The smallest absolute Gasteiger partial charge is 0.138 e. The molecule has 0 spiro atoms. The highest BCUT2D eigenvalue weighted by molar-refractivity contribution is 7.10. The number of hydrogen-bond acceptors (Lipinski definition) is 5. The fourth-order valence-electron chi connectivity index (χ4n) is 1.76. The highest BCUT2D eigenvalue weighted by Gasteiger charge is 2.15. The first-order chi connectivity index (χ1) is 8.35. The van der Waals surface area contributed by atoms with E-state index in [9.17, 15) is 0 Å². The predicted molar refractivity (Wildman–Crippen MR) is 68.4 cm³/mol. The summed E-state index contributed by atoms with van der Waals surface area (Å²) in [6.45, 7) is 3.03. The molecule has 1 unspecified atom stereocenters. The lowest BCUT2D eigenvalue weighted by atomic mass is 10.1. The Balaban J connectivity index is 2.10. The van der Waals surface area contributed by atoms with Crippen molar-refractivity contribution in [3.05, 3.63) is 34.5 Å². The Kier molecular flexibility index (Phi) is 4.24. The van der Waals surface area contributed by atoms with Crippen molar-refractivity contribution < 1.29 is 0 Å². The van der Waals surface area contributed by atoms with E-state index in [2.05, 4.69) is 33.9 Å². The molecule has 17 heavy (non-hydrogen) atoms. The Morgan fingerprint density at radius 3 is 3.12 bits per heavy atom. The normalized spacial score (nSPS) is 12.8. The molecule has 0 bridgehead atoms. The number of hydrogen-bond donors (Lipinski definition) is 2. The van der Waals surface area contributed by atoms with Crippen LogP contribution in [0.3, 0.4) is 0 Å². The number of hydrazine groups is 1. The molecular weight excluding hydrogens is 234 g/mol. The molecule has 0 saturated carbocycles. The average Bonchev–Trinajstić information content (AvgIpc) is 2.97. The third-order valence-corrected chi connectivity index (χ3v) is 3.59. The van der Waals surface area contributed by atoms with Gasteiger partial charge in [0.25, 0.3) is 0 Å². The highest BCUT2D eigenvalue weighted by Crippen LogP contribution is 2.21. The van der Waals surface area contributed by atoms with E-state index in [0.717, 1.165) is 25.2 Å². The number of aromatic nitrogens is 3. The second-order valence-electron chi connectivity index (χ2n) is 3.84. The van der Waals surface area contributed by atoms with Crippen LogP contribution in [0, 0.1) is 0 Å². The first-order valence-corrected chi connectivity index (χ1v) is 6.59. The topological polar surface area (TPSA) is 68.8 Å². The van der Waals surface area contributed by atoms with Gasteiger partial charge in [-0.15, -0.1) is 11.3 Å². The van der Waals surface area contributed by atoms with E-state index in [-0.39, 0.29) is 6.04 Å². The molecule has 92 valence electrons. The molecule has 2 aromatic rings. The molecule has 1 atom stereocenters. The largest absolute Gasteiger partial charge is 0.271 e. The summed E-state index contributed by atoms with van der Waals surface area (Å²) in [6.07, 6.45) is 3.42. The van der Waals surface area contributed by atoms with Crippen LogP contribution in [0.4, 0.5) is 0 Å². The fraction of sp³-hybridized carbons (Fsp3) is 0.455. The zero-order chi connectivity index (χ0) is 12.1. The maximum Gasteiger partial charge on any atom is 0.138 e. The van der Waals surface area contributed by atoms with E-state index in [4.69, 9.17) is 5.84 Å². The van der Waals surface area contributed by atoms with Crippen molar-refractivity contribution in [2.24, 2.45) is 5.84 Å². The molecule has 0 aliphatic rings. The molecule has 0 saturated heterocycles. The minimum absolute atomic E-state index is 0.106. The van der Waals surface area contributed by atoms with Crippen LogP contribution < -0.4 is 11.3 Å². The maximum absolute atomic E-state index is 5.60. The molecule has 0 aliphatic heterocycles. The van der Waals surface area contributed by atoms with Crippen LogP contribution in [-0.2, 0) is 13.0 Å². The number of nitrogens with one attached hydrogen (secondary N) is 1. The zero-order valence-corrected chi connectivity index (χ0v) is 10.7. The van der Waals surface area contributed by atoms with Gasteiger partial charge in [0.05, 0.1) is 6.04 Å². The first-order valence-electron chi connectivity index (χ1n) is 5.71. The van der Waals surface area contributed by atoms with Crippen LogP contribution in [0.2, 0.25) is 0 Å². The van der Waals surface area contributed by atoms with Crippen LogP contribution in [-0.4, -0.2) is 14.8 Å². The van der Waals surface area contributed by atoms with Gasteiger partial charge in [0.15, 0.2) is 0 Å². The average molecular weight is 251 g/mol. The maximum atomic E-state index is 5.60. The SMILES string of the molecule is CCCn1ncnc1CC(NN)c1cccs1. The summed E-state index contributed by atoms with van der Waals surface area (Å²) in [5.74, 6) is 6.58. The number of aryl methyl sites for hydroxylation is 1. The van der Waals surface area contributed by atoms with E-state index < -0.39 is 0 Å². The van der Waals surface area contributed by atoms with Crippen LogP contribution in [0.1, 0.15) is 30.1 Å². The van der Waals surface area contributed by atoms with Crippen LogP contribution in [0.15, 0.2) is 23.8 Å². The lowest BCUT2D eigenvalue weighted by Crippen LogP contribution is -2.29. The Morgan fingerprint density at radius 1 is 1.59 bits per heavy atom. The van der Waals surface area contributed by atoms with Crippen LogP contribution >= 0.6 is 11.3 Å². The summed E-state index contributed by atoms with van der Waals surface area (Å²) in [4.78, 5) is 5.51. The quantitative estimate of drug-likeness (QED) is 0.603. The highest BCUT2D eigenvalue weighted by atomic mass is 32.1. The molecular formula is C11H17N5S. The van der Waals surface area contributed by atoms with Crippen molar-refractivity contribution in [1.29, 1.82) is 0 Å².